The number of anilines is 1. The Bertz CT molecular complexity index is 739. The summed E-state index contributed by atoms with van der Waals surface area (Å²) in [6, 6.07) is 11.8. The molecule has 1 fully saturated rings. The molecule has 6 nitrogen and oxygen atoms in total. The van der Waals surface area contributed by atoms with Crippen LogP contribution in [0.5, 0.6) is 0 Å². The third kappa shape index (κ3) is 3.48. The van der Waals surface area contributed by atoms with E-state index in [1.54, 1.807) is 9.58 Å². The number of aromatic nitrogens is 2. The summed E-state index contributed by atoms with van der Waals surface area (Å²) in [7, 11) is 0. The van der Waals surface area contributed by atoms with Crippen molar-refractivity contribution in [1.29, 1.82) is 0 Å². The molecule has 3 rings (SSSR count). The van der Waals surface area contributed by atoms with Gasteiger partial charge in [-0.3, -0.25) is 9.59 Å². The predicted molar refractivity (Wildman–Crippen MR) is 91.5 cm³/mol. The molecule has 0 aliphatic carbocycles. The summed E-state index contributed by atoms with van der Waals surface area (Å²) < 4.78 is 1.79. The molecular weight excluding hydrogens is 304 g/mol. The molecule has 24 heavy (non-hydrogen) atoms. The average molecular weight is 326 g/mol. The number of nitrogens with one attached hydrogen (secondary N) is 1. The second-order valence-electron chi connectivity index (χ2n) is 6.14. The van der Waals surface area contributed by atoms with Crippen LogP contribution in [0.4, 0.5) is 5.82 Å². The number of amides is 2. The van der Waals surface area contributed by atoms with Crippen LogP contribution >= 0.6 is 0 Å². The second kappa shape index (κ2) is 6.86. The van der Waals surface area contributed by atoms with E-state index in [1.807, 2.05) is 50.2 Å². The first-order valence-corrected chi connectivity index (χ1v) is 8.24. The SMILES string of the molecule is CCN1CC(C(=O)Nc2cc(C)nn2Cc2ccccc2)CC1=O. The number of carbonyl (C=O) groups is 2. The highest BCUT2D eigenvalue weighted by molar-refractivity contribution is 5.96. The van der Waals surface area contributed by atoms with Crippen LogP contribution in [0.25, 0.3) is 0 Å². The first kappa shape index (κ1) is 16.2. The van der Waals surface area contributed by atoms with Gasteiger partial charge >= 0.3 is 0 Å². The summed E-state index contributed by atoms with van der Waals surface area (Å²) in [6.45, 7) is 5.56. The minimum absolute atomic E-state index is 0.0478. The number of hydrogen-bond acceptors (Lipinski definition) is 3. The molecule has 1 unspecified atom stereocenters. The Morgan fingerprint density at radius 3 is 2.75 bits per heavy atom. The number of likely N-dealkylation sites (tertiary alicyclic amines) is 1. The maximum atomic E-state index is 12.5. The predicted octanol–water partition coefficient (Wildman–Crippen LogP) is 2.05. The van der Waals surface area contributed by atoms with Gasteiger partial charge in [-0.15, -0.1) is 0 Å². The Kier molecular flexibility index (Phi) is 4.64. The van der Waals surface area contributed by atoms with Crippen LogP contribution < -0.4 is 5.32 Å². The topological polar surface area (TPSA) is 67.2 Å². The van der Waals surface area contributed by atoms with Gasteiger partial charge in [0.25, 0.3) is 0 Å². The molecule has 0 radical (unpaired) electrons. The Balaban J connectivity index is 1.71. The molecule has 1 N–H and O–H groups in total. The third-order valence-electron chi connectivity index (χ3n) is 4.30. The molecule has 1 aromatic carbocycles. The van der Waals surface area contributed by atoms with Crippen molar-refractivity contribution in [3.8, 4) is 0 Å². The number of rotatable bonds is 5. The van der Waals surface area contributed by atoms with Crippen LogP contribution in [0.1, 0.15) is 24.6 Å². The maximum Gasteiger partial charge on any atom is 0.230 e. The molecule has 1 aliphatic rings. The summed E-state index contributed by atoms with van der Waals surface area (Å²) in [5.41, 5.74) is 1.96. The third-order valence-corrected chi connectivity index (χ3v) is 4.30. The molecule has 0 saturated carbocycles. The van der Waals surface area contributed by atoms with E-state index in [0.717, 1.165) is 11.3 Å². The molecule has 2 heterocycles. The van der Waals surface area contributed by atoms with Gasteiger partial charge in [0.2, 0.25) is 11.8 Å². The lowest BCUT2D eigenvalue weighted by atomic mass is 10.1. The van der Waals surface area contributed by atoms with E-state index in [-0.39, 0.29) is 24.2 Å². The molecule has 126 valence electrons. The lowest BCUT2D eigenvalue weighted by Crippen LogP contribution is -2.28. The Morgan fingerprint density at radius 2 is 2.08 bits per heavy atom. The maximum absolute atomic E-state index is 12.5. The number of aryl methyl sites for hydroxylation is 1. The van der Waals surface area contributed by atoms with Crippen molar-refractivity contribution in [2.75, 3.05) is 18.4 Å². The highest BCUT2D eigenvalue weighted by atomic mass is 16.2. The second-order valence-corrected chi connectivity index (χ2v) is 6.14. The molecule has 1 aromatic heterocycles. The van der Waals surface area contributed by atoms with E-state index >= 15 is 0 Å². The molecule has 2 amide bonds. The lowest BCUT2D eigenvalue weighted by molar-refractivity contribution is -0.128. The largest absolute Gasteiger partial charge is 0.342 e. The van der Waals surface area contributed by atoms with Gasteiger partial charge in [0, 0.05) is 25.6 Å². The van der Waals surface area contributed by atoms with Crippen molar-refractivity contribution in [3.05, 3.63) is 47.7 Å². The van der Waals surface area contributed by atoms with Crippen LogP contribution in [0.3, 0.4) is 0 Å². The monoisotopic (exact) mass is 326 g/mol. The molecule has 1 aliphatic heterocycles. The van der Waals surface area contributed by atoms with E-state index in [4.69, 9.17) is 0 Å². The molecular formula is C18H22N4O2. The quantitative estimate of drug-likeness (QED) is 0.914. The zero-order valence-electron chi connectivity index (χ0n) is 14.0. The van der Waals surface area contributed by atoms with Crippen molar-refractivity contribution in [1.82, 2.24) is 14.7 Å². The van der Waals surface area contributed by atoms with E-state index in [2.05, 4.69) is 10.4 Å². The van der Waals surface area contributed by atoms with Gasteiger partial charge in [0.1, 0.15) is 5.82 Å². The number of carbonyl (C=O) groups excluding carboxylic acids is 2. The van der Waals surface area contributed by atoms with Gasteiger partial charge in [-0.25, -0.2) is 4.68 Å². The van der Waals surface area contributed by atoms with Gasteiger partial charge in [0.15, 0.2) is 0 Å². The summed E-state index contributed by atoms with van der Waals surface area (Å²) in [5.74, 6) is 0.307. The zero-order chi connectivity index (χ0) is 17.1. The summed E-state index contributed by atoms with van der Waals surface area (Å²) in [6.07, 6.45) is 0.283. The van der Waals surface area contributed by atoms with Gasteiger partial charge in [-0.2, -0.15) is 5.10 Å². The fraction of sp³-hybridized carbons (Fsp3) is 0.389. The van der Waals surface area contributed by atoms with Gasteiger partial charge < -0.3 is 10.2 Å². The number of nitrogens with zero attached hydrogens (tertiary/aromatic N) is 3. The highest BCUT2D eigenvalue weighted by Crippen LogP contribution is 2.20. The summed E-state index contributed by atoms with van der Waals surface area (Å²) in [5, 5.41) is 7.40. The van der Waals surface area contributed by atoms with Crippen molar-refractivity contribution in [2.45, 2.75) is 26.8 Å². The molecule has 6 heteroatoms. The van der Waals surface area contributed by atoms with E-state index < -0.39 is 0 Å². The van der Waals surface area contributed by atoms with Crippen LogP contribution in [0, 0.1) is 12.8 Å². The van der Waals surface area contributed by atoms with Crippen molar-refractivity contribution in [3.63, 3.8) is 0 Å². The minimum Gasteiger partial charge on any atom is -0.342 e. The smallest absolute Gasteiger partial charge is 0.230 e. The lowest BCUT2D eigenvalue weighted by Gasteiger charge is -2.14. The summed E-state index contributed by atoms with van der Waals surface area (Å²) >= 11 is 0. The molecule has 0 bridgehead atoms. The molecule has 0 spiro atoms. The van der Waals surface area contributed by atoms with Crippen LogP contribution in [0.15, 0.2) is 36.4 Å². The van der Waals surface area contributed by atoms with E-state index in [9.17, 15) is 9.59 Å². The fourth-order valence-corrected chi connectivity index (χ4v) is 3.00. The highest BCUT2D eigenvalue weighted by Gasteiger charge is 2.33. The Labute approximate surface area is 141 Å². The summed E-state index contributed by atoms with van der Waals surface area (Å²) in [4.78, 5) is 26.0. The van der Waals surface area contributed by atoms with Crippen LogP contribution in [-0.4, -0.2) is 39.6 Å². The number of benzene rings is 1. The fourth-order valence-electron chi connectivity index (χ4n) is 3.00. The van der Waals surface area contributed by atoms with E-state index in [0.29, 0.717) is 25.5 Å². The molecule has 1 saturated heterocycles. The normalized spacial score (nSPS) is 17.3. The Morgan fingerprint density at radius 1 is 1.33 bits per heavy atom. The van der Waals surface area contributed by atoms with Gasteiger partial charge in [-0.1, -0.05) is 30.3 Å². The average Bonchev–Trinajstić information content (AvgIpc) is 3.11. The van der Waals surface area contributed by atoms with Crippen LogP contribution in [0.2, 0.25) is 0 Å². The Hall–Kier alpha value is -2.63. The van der Waals surface area contributed by atoms with Crippen molar-refractivity contribution < 1.29 is 9.59 Å². The first-order chi connectivity index (χ1) is 11.6. The molecule has 2 aromatic rings. The van der Waals surface area contributed by atoms with Crippen molar-refractivity contribution >= 4 is 17.6 Å². The minimum atomic E-state index is -0.294. The first-order valence-electron chi connectivity index (χ1n) is 8.24. The van der Waals surface area contributed by atoms with E-state index in [1.165, 1.54) is 0 Å². The van der Waals surface area contributed by atoms with Gasteiger partial charge in [0.05, 0.1) is 18.2 Å². The zero-order valence-corrected chi connectivity index (χ0v) is 14.0. The van der Waals surface area contributed by atoms with Crippen LogP contribution in [-0.2, 0) is 16.1 Å². The van der Waals surface area contributed by atoms with Crippen molar-refractivity contribution in [2.24, 2.45) is 5.92 Å². The molecule has 1 atom stereocenters. The standard InChI is InChI=1S/C18H22N4O2/c1-3-21-12-15(10-17(21)23)18(24)19-16-9-13(2)20-22(16)11-14-7-5-4-6-8-14/h4-9,15H,3,10-12H2,1-2H3,(H,19,24). The number of hydrogen-bond donors (Lipinski definition) is 1. The van der Waals surface area contributed by atoms with Gasteiger partial charge in [-0.05, 0) is 19.4 Å².